The fourth-order valence-electron chi connectivity index (χ4n) is 2.25. The summed E-state index contributed by atoms with van der Waals surface area (Å²) >= 11 is 4.07. The zero-order valence-electron chi connectivity index (χ0n) is 13.0. The van der Waals surface area contributed by atoms with Crippen molar-refractivity contribution in [2.24, 2.45) is 0 Å². The normalized spacial score (nSPS) is 15.5. The molecule has 0 N–H and O–H groups in total. The summed E-state index contributed by atoms with van der Waals surface area (Å²) in [6.07, 6.45) is 6.61. The molecule has 0 saturated carbocycles. The summed E-state index contributed by atoms with van der Waals surface area (Å²) in [5.41, 5.74) is 0.574. The molecule has 130 valence electrons. The van der Waals surface area contributed by atoms with E-state index >= 15 is 0 Å². The lowest BCUT2D eigenvalue weighted by molar-refractivity contribution is -0.384. The maximum atomic E-state index is 12.1. The zero-order valence-corrected chi connectivity index (χ0v) is 15.4. The highest BCUT2D eigenvalue weighted by Crippen LogP contribution is 2.35. The summed E-state index contributed by atoms with van der Waals surface area (Å²) in [6, 6.07) is 7.61. The van der Waals surface area contributed by atoms with Crippen molar-refractivity contribution in [3.05, 3.63) is 55.6 Å². The standard InChI is InChI=1S/C17H9BrN2O5S/c1-2-7-19-16(21)15(26-17(19)22)9-11-4-6-14(25-11)12-5-3-10(20(23)24)8-13(12)18/h1,3-6,8-9H,7H2/b15-9-. The summed E-state index contributed by atoms with van der Waals surface area (Å²) in [7, 11) is 0. The van der Waals surface area contributed by atoms with Gasteiger partial charge in [-0.05, 0) is 45.9 Å². The van der Waals surface area contributed by atoms with E-state index in [-0.39, 0.29) is 17.1 Å². The molecule has 1 fully saturated rings. The van der Waals surface area contributed by atoms with Crippen molar-refractivity contribution in [2.75, 3.05) is 6.54 Å². The Kier molecular flexibility index (Phi) is 4.97. The van der Waals surface area contributed by atoms with Gasteiger partial charge in [-0.1, -0.05) is 5.92 Å². The Bertz CT molecular complexity index is 1000. The van der Waals surface area contributed by atoms with Crippen LogP contribution < -0.4 is 0 Å². The van der Waals surface area contributed by atoms with Crippen molar-refractivity contribution < 1.29 is 18.9 Å². The number of terminal acetylenes is 1. The highest BCUT2D eigenvalue weighted by atomic mass is 79.9. The average Bonchev–Trinajstić information content (AvgIpc) is 3.15. The Hall–Kier alpha value is -2.83. The molecule has 2 heterocycles. The molecule has 2 aromatic rings. The third kappa shape index (κ3) is 3.42. The number of halogens is 1. The number of imide groups is 1. The lowest BCUT2D eigenvalue weighted by Gasteiger charge is -2.06. The number of rotatable bonds is 4. The number of non-ortho nitro benzene ring substituents is 1. The summed E-state index contributed by atoms with van der Waals surface area (Å²) < 4.78 is 6.18. The molecule has 0 spiro atoms. The predicted octanol–water partition coefficient (Wildman–Crippen LogP) is 4.29. The van der Waals surface area contributed by atoms with Gasteiger partial charge in [0.1, 0.15) is 11.5 Å². The van der Waals surface area contributed by atoms with E-state index < -0.39 is 16.1 Å². The first-order valence-electron chi connectivity index (χ1n) is 7.13. The monoisotopic (exact) mass is 432 g/mol. The first kappa shape index (κ1) is 18.0. The molecular formula is C17H9BrN2O5S. The van der Waals surface area contributed by atoms with Gasteiger partial charge in [-0.15, -0.1) is 6.42 Å². The summed E-state index contributed by atoms with van der Waals surface area (Å²) in [4.78, 5) is 35.4. The van der Waals surface area contributed by atoms with Gasteiger partial charge in [0.05, 0.1) is 16.4 Å². The highest BCUT2D eigenvalue weighted by molar-refractivity contribution is 9.10. The maximum absolute atomic E-state index is 12.1. The zero-order chi connectivity index (χ0) is 18.8. The number of nitro groups is 1. The van der Waals surface area contributed by atoms with Gasteiger partial charge in [0.25, 0.3) is 16.8 Å². The Morgan fingerprint density at radius 2 is 2.12 bits per heavy atom. The second-order valence-corrected chi connectivity index (χ2v) is 6.94. The predicted molar refractivity (Wildman–Crippen MR) is 100 cm³/mol. The summed E-state index contributed by atoms with van der Waals surface area (Å²) in [6.45, 7) is -0.0822. The van der Waals surface area contributed by atoms with Gasteiger partial charge in [0.2, 0.25) is 0 Å². The van der Waals surface area contributed by atoms with Crippen LogP contribution >= 0.6 is 27.7 Å². The maximum Gasteiger partial charge on any atom is 0.294 e. The van der Waals surface area contributed by atoms with Gasteiger partial charge >= 0.3 is 0 Å². The van der Waals surface area contributed by atoms with Gasteiger partial charge in [0.15, 0.2) is 0 Å². The molecule has 9 heteroatoms. The van der Waals surface area contributed by atoms with Gasteiger partial charge in [0, 0.05) is 28.2 Å². The Morgan fingerprint density at radius 3 is 2.77 bits per heavy atom. The number of benzene rings is 1. The van der Waals surface area contributed by atoms with Crippen LogP contribution in [0.25, 0.3) is 17.4 Å². The van der Waals surface area contributed by atoms with E-state index in [0.29, 0.717) is 21.6 Å². The van der Waals surface area contributed by atoms with Gasteiger partial charge in [-0.3, -0.25) is 24.6 Å². The van der Waals surface area contributed by atoms with Crippen LogP contribution in [0, 0.1) is 22.5 Å². The fourth-order valence-corrected chi connectivity index (χ4v) is 3.63. The first-order chi connectivity index (χ1) is 12.4. The number of nitro benzene ring substituents is 1. The molecule has 0 unspecified atom stereocenters. The van der Waals surface area contributed by atoms with E-state index in [9.17, 15) is 19.7 Å². The van der Waals surface area contributed by atoms with E-state index in [4.69, 9.17) is 10.8 Å². The molecule has 0 radical (unpaired) electrons. The van der Waals surface area contributed by atoms with E-state index in [1.807, 2.05) is 0 Å². The van der Waals surface area contributed by atoms with E-state index in [1.54, 1.807) is 18.2 Å². The Morgan fingerprint density at radius 1 is 1.35 bits per heavy atom. The average molecular weight is 433 g/mol. The second-order valence-electron chi connectivity index (χ2n) is 5.10. The van der Waals surface area contributed by atoms with Crippen LogP contribution in [-0.4, -0.2) is 27.5 Å². The molecule has 1 aliphatic rings. The molecule has 1 aromatic heterocycles. The van der Waals surface area contributed by atoms with Crippen molar-refractivity contribution in [3.8, 4) is 23.7 Å². The smallest absolute Gasteiger partial charge is 0.294 e. The van der Waals surface area contributed by atoms with Crippen molar-refractivity contribution in [1.29, 1.82) is 0 Å². The number of carbonyl (C=O) groups excluding carboxylic acids is 2. The molecule has 7 nitrogen and oxygen atoms in total. The molecular weight excluding hydrogens is 424 g/mol. The van der Waals surface area contributed by atoms with Crippen LogP contribution in [0.5, 0.6) is 0 Å². The van der Waals surface area contributed by atoms with E-state index in [2.05, 4.69) is 21.9 Å². The molecule has 3 rings (SSSR count). The minimum Gasteiger partial charge on any atom is -0.457 e. The van der Waals surface area contributed by atoms with Crippen LogP contribution in [0.1, 0.15) is 5.76 Å². The number of amides is 2. The number of hydrogen-bond donors (Lipinski definition) is 0. The van der Waals surface area contributed by atoms with Crippen molar-refractivity contribution >= 4 is 50.6 Å². The molecule has 1 saturated heterocycles. The highest BCUT2D eigenvalue weighted by Gasteiger charge is 2.34. The summed E-state index contributed by atoms with van der Waals surface area (Å²) in [5.74, 6) is 2.63. The Labute approximate surface area is 160 Å². The number of furan rings is 1. The largest absolute Gasteiger partial charge is 0.457 e. The van der Waals surface area contributed by atoms with Crippen LogP contribution in [0.3, 0.4) is 0 Å². The molecule has 1 aliphatic heterocycles. The quantitative estimate of drug-likeness (QED) is 0.309. The first-order valence-corrected chi connectivity index (χ1v) is 8.74. The van der Waals surface area contributed by atoms with Gasteiger partial charge < -0.3 is 4.42 Å². The number of thioether (sulfide) groups is 1. The molecule has 0 bridgehead atoms. The lowest BCUT2D eigenvalue weighted by Crippen LogP contribution is -2.28. The minimum absolute atomic E-state index is 0.0467. The van der Waals surface area contributed by atoms with Crippen molar-refractivity contribution in [3.63, 3.8) is 0 Å². The van der Waals surface area contributed by atoms with Crippen LogP contribution in [0.2, 0.25) is 0 Å². The topological polar surface area (TPSA) is 93.7 Å². The second kappa shape index (κ2) is 7.19. The van der Waals surface area contributed by atoms with Crippen LogP contribution in [-0.2, 0) is 4.79 Å². The van der Waals surface area contributed by atoms with Crippen molar-refractivity contribution in [1.82, 2.24) is 4.90 Å². The molecule has 26 heavy (non-hydrogen) atoms. The molecule has 0 atom stereocenters. The third-order valence-corrected chi connectivity index (χ3v) is 5.02. The number of nitrogens with zero attached hydrogens (tertiary/aromatic N) is 2. The minimum atomic E-state index is -0.492. The third-order valence-electron chi connectivity index (χ3n) is 3.45. The van der Waals surface area contributed by atoms with Gasteiger partial charge in [-0.25, -0.2) is 0 Å². The molecule has 0 aliphatic carbocycles. The van der Waals surface area contributed by atoms with Crippen LogP contribution in [0.15, 0.2) is 44.1 Å². The molecule has 2 amide bonds. The summed E-state index contributed by atoms with van der Waals surface area (Å²) in [5, 5.41) is 10.4. The number of carbonyl (C=O) groups is 2. The molecule has 1 aromatic carbocycles. The van der Waals surface area contributed by atoms with Crippen LogP contribution in [0.4, 0.5) is 10.5 Å². The van der Waals surface area contributed by atoms with E-state index in [0.717, 1.165) is 16.7 Å². The van der Waals surface area contributed by atoms with Gasteiger partial charge in [-0.2, -0.15) is 0 Å². The van der Waals surface area contributed by atoms with Crippen molar-refractivity contribution in [2.45, 2.75) is 0 Å². The fraction of sp³-hybridized carbons (Fsp3) is 0.0588. The number of hydrogen-bond acceptors (Lipinski definition) is 6. The van der Waals surface area contributed by atoms with E-state index in [1.165, 1.54) is 18.2 Å². The Balaban J connectivity index is 1.87. The SMILES string of the molecule is C#CCN1C(=O)S/C(=C\c2ccc(-c3ccc([N+](=O)[O-])cc3Br)o2)C1=O. The lowest BCUT2D eigenvalue weighted by atomic mass is 10.1.